The molecule has 0 amide bonds. The number of pyridine rings is 1. The van der Waals surface area contributed by atoms with Gasteiger partial charge < -0.3 is 10.0 Å². The quantitative estimate of drug-likeness (QED) is 0.820. The summed E-state index contributed by atoms with van der Waals surface area (Å²) in [7, 11) is -3.80. The van der Waals surface area contributed by atoms with Gasteiger partial charge in [0.1, 0.15) is 0 Å². The molecule has 2 aromatic rings. The molecule has 7 heteroatoms. The first-order chi connectivity index (χ1) is 12.0. The van der Waals surface area contributed by atoms with Crippen molar-refractivity contribution in [1.82, 2.24) is 4.98 Å². The number of nitrogens with zero attached hydrogens (tertiary/aromatic N) is 2. The van der Waals surface area contributed by atoms with Crippen LogP contribution in [-0.2, 0) is 14.3 Å². The molecule has 1 aromatic carbocycles. The van der Waals surface area contributed by atoms with E-state index in [1.54, 1.807) is 24.5 Å². The predicted octanol–water partition coefficient (Wildman–Crippen LogP) is 1.98. The fourth-order valence-electron chi connectivity index (χ4n) is 2.90. The molecule has 1 aromatic heterocycles. The van der Waals surface area contributed by atoms with Crippen molar-refractivity contribution >= 4 is 15.8 Å². The summed E-state index contributed by atoms with van der Waals surface area (Å²) in [6.45, 7) is 3.04. The van der Waals surface area contributed by atoms with Crippen LogP contribution in [-0.4, -0.2) is 44.3 Å². The van der Waals surface area contributed by atoms with Crippen LogP contribution in [0.25, 0.3) is 0 Å². The summed E-state index contributed by atoms with van der Waals surface area (Å²) in [5.74, 6) is -0.215. The van der Waals surface area contributed by atoms with Crippen LogP contribution >= 0.6 is 0 Å². The highest BCUT2D eigenvalue weighted by atomic mass is 32.2. The lowest BCUT2D eigenvalue weighted by Crippen LogP contribution is -2.45. The van der Waals surface area contributed by atoms with Gasteiger partial charge in [0.05, 0.1) is 29.5 Å². The van der Waals surface area contributed by atoms with E-state index < -0.39 is 16.2 Å². The van der Waals surface area contributed by atoms with Gasteiger partial charge in [-0.25, -0.2) is 0 Å². The molecule has 0 saturated carbocycles. The smallest absolute Gasteiger partial charge is 0.296 e. The molecule has 1 fully saturated rings. The summed E-state index contributed by atoms with van der Waals surface area (Å²) >= 11 is 0. The van der Waals surface area contributed by atoms with Crippen LogP contribution in [0, 0.1) is 12.8 Å². The molecule has 134 valence electrons. The Labute approximate surface area is 148 Å². The molecule has 2 heterocycles. The molecule has 6 nitrogen and oxygen atoms in total. The minimum absolute atomic E-state index is 0.0156. The number of aromatic nitrogens is 1. The summed E-state index contributed by atoms with van der Waals surface area (Å²) in [6.07, 6.45) is 3.46. The van der Waals surface area contributed by atoms with E-state index in [9.17, 15) is 13.5 Å². The maximum Gasteiger partial charge on any atom is 0.296 e. The number of rotatable bonds is 5. The average molecular weight is 362 g/mol. The van der Waals surface area contributed by atoms with Gasteiger partial charge in [0.25, 0.3) is 10.1 Å². The second kappa shape index (κ2) is 7.51. The summed E-state index contributed by atoms with van der Waals surface area (Å²) < 4.78 is 29.7. The number of hydrogen-bond acceptors (Lipinski definition) is 6. The van der Waals surface area contributed by atoms with Gasteiger partial charge in [0.2, 0.25) is 0 Å². The number of hydrogen-bond donors (Lipinski definition) is 1. The first-order valence-electron chi connectivity index (χ1n) is 8.25. The fraction of sp³-hybridized carbons (Fsp3) is 0.389. The van der Waals surface area contributed by atoms with Gasteiger partial charge in [0.15, 0.2) is 0 Å². The standard InChI is InChI=1S/C18H22N2O4S/c1-14-4-6-17(7-5-14)25(22,23)24-13-15-8-10-20(12-18(15)21)16-3-2-9-19-11-16/h2-7,9,11,15,18,21H,8,10,12-13H2,1H3. The Kier molecular flexibility index (Phi) is 5.36. The Morgan fingerprint density at radius 1 is 1.28 bits per heavy atom. The summed E-state index contributed by atoms with van der Waals surface area (Å²) in [4.78, 5) is 6.27. The van der Waals surface area contributed by atoms with Crippen molar-refractivity contribution in [2.45, 2.75) is 24.3 Å². The van der Waals surface area contributed by atoms with E-state index in [0.29, 0.717) is 13.0 Å². The molecule has 2 atom stereocenters. The number of aliphatic hydroxyl groups excluding tert-OH is 1. The average Bonchev–Trinajstić information content (AvgIpc) is 2.62. The zero-order chi connectivity index (χ0) is 17.9. The van der Waals surface area contributed by atoms with Crippen LogP contribution < -0.4 is 4.90 Å². The topological polar surface area (TPSA) is 79.7 Å². The molecule has 2 unspecified atom stereocenters. The second-order valence-corrected chi connectivity index (χ2v) is 7.94. The van der Waals surface area contributed by atoms with Crippen molar-refractivity contribution < 1.29 is 17.7 Å². The Hall–Kier alpha value is -1.96. The van der Waals surface area contributed by atoms with Gasteiger partial charge in [-0.15, -0.1) is 0 Å². The van der Waals surface area contributed by atoms with Crippen LogP contribution in [0.15, 0.2) is 53.7 Å². The maximum absolute atomic E-state index is 12.3. The van der Waals surface area contributed by atoms with Crippen molar-refractivity contribution in [3.8, 4) is 0 Å². The van der Waals surface area contributed by atoms with E-state index in [1.807, 2.05) is 24.0 Å². The summed E-state index contributed by atoms with van der Waals surface area (Å²) in [6, 6.07) is 10.3. The summed E-state index contributed by atoms with van der Waals surface area (Å²) in [5.41, 5.74) is 1.94. The SMILES string of the molecule is Cc1ccc(S(=O)(=O)OCC2CCN(c3cccnc3)CC2O)cc1. The number of aliphatic hydroxyl groups is 1. The third-order valence-corrected chi connectivity index (χ3v) is 5.78. The minimum Gasteiger partial charge on any atom is -0.391 e. The molecule has 25 heavy (non-hydrogen) atoms. The molecule has 1 saturated heterocycles. The van der Waals surface area contributed by atoms with Crippen molar-refractivity contribution in [1.29, 1.82) is 0 Å². The lowest BCUT2D eigenvalue weighted by molar-refractivity contribution is 0.0636. The van der Waals surface area contributed by atoms with E-state index in [0.717, 1.165) is 17.8 Å². The predicted molar refractivity (Wildman–Crippen MR) is 94.9 cm³/mol. The Morgan fingerprint density at radius 3 is 2.68 bits per heavy atom. The van der Waals surface area contributed by atoms with Crippen molar-refractivity contribution in [2.24, 2.45) is 5.92 Å². The van der Waals surface area contributed by atoms with E-state index in [2.05, 4.69) is 4.98 Å². The van der Waals surface area contributed by atoms with Gasteiger partial charge in [-0.1, -0.05) is 17.7 Å². The number of piperidine rings is 1. The molecule has 1 aliphatic heterocycles. The van der Waals surface area contributed by atoms with Crippen molar-refractivity contribution in [2.75, 3.05) is 24.6 Å². The Balaban J connectivity index is 1.58. The van der Waals surface area contributed by atoms with E-state index in [4.69, 9.17) is 4.18 Å². The van der Waals surface area contributed by atoms with Crippen molar-refractivity contribution in [3.05, 3.63) is 54.4 Å². The minimum atomic E-state index is -3.80. The molecule has 1 N–H and O–H groups in total. The molecule has 0 radical (unpaired) electrons. The van der Waals surface area contributed by atoms with Gasteiger partial charge in [-0.2, -0.15) is 8.42 Å². The van der Waals surface area contributed by atoms with Gasteiger partial charge in [0, 0.05) is 25.2 Å². The van der Waals surface area contributed by atoms with E-state index in [-0.39, 0.29) is 17.4 Å². The molecule has 0 bridgehead atoms. The van der Waals surface area contributed by atoms with E-state index >= 15 is 0 Å². The van der Waals surface area contributed by atoms with Crippen LogP contribution in [0.2, 0.25) is 0 Å². The first kappa shape index (κ1) is 17.8. The third kappa shape index (κ3) is 4.36. The maximum atomic E-state index is 12.3. The molecular formula is C18H22N2O4S. The highest BCUT2D eigenvalue weighted by molar-refractivity contribution is 7.86. The Morgan fingerprint density at radius 2 is 2.04 bits per heavy atom. The highest BCUT2D eigenvalue weighted by Gasteiger charge is 2.30. The van der Waals surface area contributed by atoms with Crippen LogP contribution in [0.3, 0.4) is 0 Å². The number of aryl methyl sites for hydroxylation is 1. The second-order valence-electron chi connectivity index (χ2n) is 6.33. The largest absolute Gasteiger partial charge is 0.391 e. The molecule has 0 aliphatic carbocycles. The fourth-order valence-corrected chi connectivity index (χ4v) is 3.86. The lowest BCUT2D eigenvalue weighted by Gasteiger charge is -2.36. The number of anilines is 1. The lowest BCUT2D eigenvalue weighted by atomic mass is 9.94. The van der Waals surface area contributed by atoms with Gasteiger partial charge in [-0.3, -0.25) is 9.17 Å². The van der Waals surface area contributed by atoms with Gasteiger partial charge in [-0.05, 0) is 37.6 Å². The van der Waals surface area contributed by atoms with Crippen molar-refractivity contribution in [3.63, 3.8) is 0 Å². The van der Waals surface area contributed by atoms with Gasteiger partial charge >= 0.3 is 0 Å². The number of β-amino-alcohol motifs (C(OH)–C–C–N with tert-alkyl or cyclic N) is 1. The van der Waals surface area contributed by atoms with E-state index in [1.165, 1.54) is 12.1 Å². The molecule has 3 rings (SSSR count). The van der Waals surface area contributed by atoms with Crippen LogP contribution in [0.1, 0.15) is 12.0 Å². The number of benzene rings is 1. The first-order valence-corrected chi connectivity index (χ1v) is 9.66. The molecule has 0 spiro atoms. The highest BCUT2D eigenvalue weighted by Crippen LogP contribution is 2.24. The molecular weight excluding hydrogens is 340 g/mol. The third-order valence-electron chi connectivity index (χ3n) is 4.48. The van der Waals surface area contributed by atoms with Crippen LogP contribution in [0.5, 0.6) is 0 Å². The van der Waals surface area contributed by atoms with Crippen LogP contribution in [0.4, 0.5) is 5.69 Å². The Bertz CT molecular complexity index is 794. The monoisotopic (exact) mass is 362 g/mol. The zero-order valence-corrected chi connectivity index (χ0v) is 14.9. The summed E-state index contributed by atoms with van der Waals surface area (Å²) in [5, 5.41) is 10.4. The molecule has 1 aliphatic rings. The zero-order valence-electron chi connectivity index (χ0n) is 14.1. The normalized spacial score (nSPS) is 21.3.